The maximum absolute atomic E-state index is 3.50. The van der Waals surface area contributed by atoms with Gasteiger partial charge in [-0.05, 0) is 54.9 Å². The lowest BCUT2D eigenvalue weighted by atomic mass is 9.82. The molecule has 2 rings (SSSR count). The first-order chi connectivity index (χ1) is 9.94. The Morgan fingerprint density at radius 3 is 2.19 bits per heavy atom. The Morgan fingerprint density at radius 1 is 1.05 bits per heavy atom. The monoisotopic (exact) mass is 288 g/mol. The van der Waals surface area contributed by atoms with E-state index >= 15 is 0 Å². The second kappa shape index (κ2) is 7.42. The molecule has 1 saturated heterocycles. The molecule has 1 N–H and O–H groups in total. The van der Waals surface area contributed by atoms with Crippen LogP contribution in [0, 0.1) is 11.3 Å². The molecule has 0 aliphatic carbocycles. The first-order valence-electron chi connectivity index (χ1n) is 8.45. The first-order valence-corrected chi connectivity index (χ1v) is 8.45. The number of hydrogen-bond acceptors (Lipinski definition) is 2. The minimum Gasteiger partial charge on any atom is -0.312 e. The van der Waals surface area contributed by atoms with Crippen LogP contribution in [0.5, 0.6) is 0 Å². The molecule has 21 heavy (non-hydrogen) atoms. The van der Waals surface area contributed by atoms with Gasteiger partial charge in [0.25, 0.3) is 0 Å². The van der Waals surface area contributed by atoms with Gasteiger partial charge in [0.05, 0.1) is 0 Å². The topological polar surface area (TPSA) is 15.3 Å². The molecular formula is C19H32N2. The van der Waals surface area contributed by atoms with Crippen molar-refractivity contribution in [1.82, 2.24) is 10.2 Å². The van der Waals surface area contributed by atoms with E-state index < -0.39 is 0 Å². The maximum atomic E-state index is 3.50. The van der Waals surface area contributed by atoms with Crippen LogP contribution in [0.1, 0.15) is 51.7 Å². The lowest BCUT2D eigenvalue weighted by Crippen LogP contribution is -2.36. The van der Waals surface area contributed by atoms with Crippen molar-refractivity contribution in [1.29, 1.82) is 0 Å². The van der Waals surface area contributed by atoms with E-state index in [4.69, 9.17) is 0 Å². The molecule has 1 fully saturated rings. The minimum atomic E-state index is 0.544. The summed E-state index contributed by atoms with van der Waals surface area (Å²) in [4.78, 5) is 2.59. The standard InChI is InChI=1S/C19H32N2/c1-16(2)13-20-14-17-5-7-18(8-6-17)15-21-11-9-19(3,4)10-12-21/h5-8,16,20H,9-15H2,1-4H3. The maximum Gasteiger partial charge on any atom is 0.0233 e. The zero-order valence-corrected chi connectivity index (χ0v) is 14.3. The normalized spacial score (nSPS) is 19.1. The summed E-state index contributed by atoms with van der Waals surface area (Å²) in [6.07, 6.45) is 2.65. The van der Waals surface area contributed by atoms with Crippen molar-refractivity contribution >= 4 is 0 Å². The fourth-order valence-electron chi connectivity index (χ4n) is 2.84. The molecule has 0 saturated carbocycles. The fourth-order valence-corrected chi connectivity index (χ4v) is 2.84. The SMILES string of the molecule is CC(C)CNCc1ccc(CN2CCC(C)(C)CC2)cc1. The van der Waals surface area contributed by atoms with Crippen molar-refractivity contribution in [2.45, 2.75) is 53.6 Å². The molecule has 0 aromatic heterocycles. The van der Waals surface area contributed by atoms with Gasteiger partial charge in [-0.25, -0.2) is 0 Å². The Labute approximate surface area is 130 Å². The third-order valence-electron chi connectivity index (χ3n) is 4.52. The van der Waals surface area contributed by atoms with E-state index in [1.54, 1.807) is 0 Å². The van der Waals surface area contributed by atoms with Gasteiger partial charge in [-0.2, -0.15) is 0 Å². The third-order valence-corrected chi connectivity index (χ3v) is 4.52. The zero-order valence-electron chi connectivity index (χ0n) is 14.3. The average molecular weight is 288 g/mol. The van der Waals surface area contributed by atoms with Crippen LogP contribution in [-0.2, 0) is 13.1 Å². The van der Waals surface area contributed by atoms with Crippen LogP contribution < -0.4 is 5.32 Å². The Kier molecular flexibility index (Phi) is 5.83. The van der Waals surface area contributed by atoms with Gasteiger partial charge in [-0.15, -0.1) is 0 Å². The molecular weight excluding hydrogens is 256 g/mol. The average Bonchev–Trinajstić information content (AvgIpc) is 2.43. The summed E-state index contributed by atoms with van der Waals surface area (Å²) < 4.78 is 0. The van der Waals surface area contributed by atoms with Crippen molar-refractivity contribution in [3.63, 3.8) is 0 Å². The number of nitrogens with zero attached hydrogens (tertiary/aromatic N) is 1. The molecule has 1 aliphatic heterocycles. The van der Waals surface area contributed by atoms with E-state index in [2.05, 4.69) is 62.2 Å². The van der Waals surface area contributed by atoms with E-state index in [1.165, 1.54) is 37.1 Å². The van der Waals surface area contributed by atoms with Gasteiger partial charge < -0.3 is 5.32 Å². The molecule has 1 aromatic rings. The van der Waals surface area contributed by atoms with Crippen LogP contribution in [-0.4, -0.2) is 24.5 Å². The molecule has 0 amide bonds. The Morgan fingerprint density at radius 2 is 1.62 bits per heavy atom. The number of nitrogens with one attached hydrogen (secondary N) is 1. The molecule has 2 heteroatoms. The largest absolute Gasteiger partial charge is 0.312 e. The Balaban J connectivity index is 1.77. The predicted molar refractivity (Wildman–Crippen MR) is 91.3 cm³/mol. The molecule has 2 nitrogen and oxygen atoms in total. The predicted octanol–water partition coefficient (Wildman–Crippen LogP) is 4.05. The first kappa shape index (κ1) is 16.5. The van der Waals surface area contributed by atoms with Crippen LogP contribution in [0.15, 0.2) is 24.3 Å². The number of piperidine rings is 1. The summed E-state index contributed by atoms with van der Waals surface area (Å²) in [5, 5.41) is 3.50. The van der Waals surface area contributed by atoms with Gasteiger partial charge in [-0.1, -0.05) is 52.0 Å². The Bertz CT molecular complexity index is 410. The van der Waals surface area contributed by atoms with Crippen LogP contribution in [0.3, 0.4) is 0 Å². The molecule has 0 atom stereocenters. The number of likely N-dealkylation sites (tertiary alicyclic amines) is 1. The van der Waals surface area contributed by atoms with Crippen molar-refractivity contribution in [3.8, 4) is 0 Å². The molecule has 1 aliphatic rings. The quantitative estimate of drug-likeness (QED) is 0.849. The van der Waals surface area contributed by atoms with E-state index in [-0.39, 0.29) is 0 Å². The molecule has 1 aromatic carbocycles. The van der Waals surface area contributed by atoms with Gasteiger partial charge in [0.15, 0.2) is 0 Å². The molecule has 0 unspecified atom stereocenters. The smallest absolute Gasteiger partial charge is 0.0233 e. The van der Waals surface area contributed by atoms with Crippen LogP contribution in [0.25, 0.3) is 0 Å². The van der Waals surface area contributed by atoms with Crippen LogP contribution >= 0.6 is 0 Å². The molecule has 1 heterocycles. The molecule has 118 valence electrons. The molecule has 0 radical (unpaired) electrons. The van der Waals surface area contributed by atoms with Crippen LogP contribution in [0.4, 0.5) is 0 Å². The lowest BCUT2D eigenvalue weighted by molar-refractivity contribution is 0.127. The lowest BCUT2D eigenvalue weighted by Gasteiger charge is -2.36. The van der Waals surface area contributed by atoms with E-state index in [1.807, 2.05) is 0 Å². The van der Waals surface area contributed by atoms with Crippen molar-refractivity contribution in [2.24, 2.45) is 11.3 Å². The minimum absolute atomic E-state index is 0.544. The van der Waals surface area contributed by atoms with Crippen LogP contribution in [0.2, 0.25) is 0 Å². The molecule has 0 spiro atoms. The summed E-state index contributed by atoms with van der Waals surface area (Å²) in [7, 11) is 0. The van der Waals surface area contributed by atoms with E-state index in [0.29, 0.717) is 11.3 Å². The number of rotatable bonds is 6. The summed E-state index contributed by atoms with van der Waals surface area (Å²) in [6, 6.07) is 9.14. The van der Waals surface area contributed by atoms with E-state index in [9.17, 15) is 0 Å². The number of benzene rings is 1. The highest BCUT2D eigenvalue weighted by Crippen LogP contribution is 2.30. The third kappa shape index (κ3) is 5.80. The summed E-state index contributed by atoms with van der Waals surface area (Å²) in [5.41, 5.74) is 3.38. The second-order valence-electron chi connectivity index (χ2n) is 7.78. The highest BCUT2D eigenvalue weighted by molar-refractivity contribution is 5.22. The van der Waals surface area contributed by atoms with Gasteiger partial charge in [-0.3, -0.25) is 4.90 Å². The van der Waals surface area contributed by atoms with Crippen molar-refractivity contribution in [2.75, 3.05) is 19.6 Å². The van der Waals surface area contributed by atoms with Crippen molar-refractivity contribution < 1.29 is 0 Å². The highest BCUT2D eigenvalue weighted by Gasteiger charge is 2.24. The zero-order chi connectivity index (χ0) is 15.3. The summed E-state index contributed by atoms with van der Waals surface area (Å²) in [6.45, 7) is 14.9. The fraction of sp³-hybridized carbons (Fsp3) is 0.684. The highest BCUT2D eigenvalue weighted by atomic mass is 15.1. The number of hydrogen-bond donors (Lipinski definition) is 1. The van der Waals surface area contributed by atoms with Gasteiger partial charge in [0.1, 0.15) is 0 Å². The Hall–Kier alpha value is -0.860. The van der Waals surface area contributed by atoms with Gasteiger partial charge in [0.2, 0.25) is 0 Å². The van der Waals surface area contributed by atoms with E-state index in [0.717, 1.165) is 19.6 Å². The molecule has 0 bridgehead atoms. The summed E-state index contributed by atoms with van der Waals surface area (Å²) >= 11 is 0. The van der Waals surface area contributed by atoms with Crippen molar-refractivity contribution in [3.05, 3.63) is 35.4 Å². The summed E-state index contributed by atoms with van der Waals surface area (Å²) in [5.74, 6) is 0.715. The second-order valence-corrected chi connectivity index (χ2v) is 7.78. The van der Waals surface area contributed by atoms with Gasteiger partial charge in [0, 0.05) is 13.1 Å². The van der Waals surface area contributed by atoms with Gasteiger partial charge >= 0.3 is 0 Å².